The van der Waals surface area contributed by atoms with Gasteiger partial charge in [-0.3, -0.25) is 4.79 Å². The number of hydrogen-bond donors (Lipinski definition) is 2. The third-order valence-electron chi connectivity index (χ3n) is 3.91. The lowest BCUT2D eigenvalue weighted by atomic mass is 9.79. The van der Waals surface area contributed by atoms with E-state index in [0.29, 0.717) is 12.3 Å². The van der Waals surface area contributed by atoms with Gasteiger partial charge in [0, 0.05) is 6.42 Å². The molecule has 1 heterocycles. The summed E-state index contributed by atoms with van der Waals surface area (Å²) < 4.78 is 0. The van der Waals surface area contributed by atoms with Crippen LogP contribution in [0, 0.1) is 17.8 Å². The Labute approximate surface area is 91.2 Å². The number of nitrogens with one attached hydrogen (secondary N) is 1. The van der Waals surface area contributed by atoms with Gasteiger partial charge in [0.2, 0.25) is 0 Å². The van der Waals surface area contributed by atoms with E-state index in [1.54, 1.807) is 0 Å². The Balaban J connectivity index is 1.83. The summed E-state index contributed by atoms with van der Waals surface area (Å²) in [5, 5.41) is 12.1. The molecule has 0 bridgehead atoms. The van der Waals surface area contributed by atoms with Crippen LogP contribution in [0.5, 0.6) is 0 Å². The second kappa shape index (κ2) is 4.97. The molecule has 1 saturated carbocycles. The van der Waals surface area contributed by atoms with Crippen LogP contribution in [-0.4, -0.2) is 24.2 Å². The van der Waals surface area contributed by atoms with E-state index in [2.05, 4.69) is 5.32 Å². The summed E-state index contributed by atoms with van der Waals surface area (Å²) in [5.41, 5.74) is 0. The topological polar surface area (TPSA) is 49.3 Å². The average Bonchev–Trinajstić information content (AvgIpc) is 3.03. The highest BCUT2D eigenvalue weighted by atomic mass is 16.4. The molecule has 0 amide bonds. The van der Waals surface area contributed by atoms with Crippen molar-refractivity contribution in [2.24, 2.45) is 17.8 Å². The lowest BCUT2D eigenvalue weighted by Crippen LogP contribution is -2.32. The van der Waals surface area contributed by atoms with Crippen LogP contribution in [0.3, 0.4) is 0 Å². The number of hydrogen-bond acceptors (Lipinski definition) is 2. The molecule has 0 radical (unpaired) electrons. The number of carbonyl (C=O) groups is 1. The quantitative estimate of drug-likeness (QED) is 0.730. The summed E-state index contributed by atoms with van der Waals surface area (Å²) in [6.45, 7) is 2.25. The van der Waals surface area contributed by atoms with Gasteiger partial charge in [0.1, 0.15) is 0 Å². The standard InChI is InChI=1S/C12H21NO2/c14-12(15)4-3-11(9-1-2-9)10-5-7-13-8-6-10/h9-11,13H,1-8H2,(H,14,15). The lowest BCUT2D eigenvalue weighted by molar-refractivity contribution is -0.137. The van der Waals surface area contributed by atoms with Crippen LogP contribution < -0.4 is 5.32 Å². The van der Waals surface area contributed by atoms with Gasteiger partial charge in [0.15, 0.2) is 0 Å². The highest BCUT2D eigenvalue weighted by Crippen LogP contribution is 2.45. The first-order valence-electron chi connectivity index (χ1n) is 6.20. The molecule has 1 unspecified atom stereocenters. The molecule has 3 heteroatoms. The molecule has 1 saturated heterocycles. The summed E-state index contributed by atoms with van der Waals surface area (Å²) in [6.07, 6.45) is 6.46. The second-order valence-electron chi connectivity index (χ2n) is 5.02. The molecule has 1 aliphatic carbocycles. The summed E-state index contributed by atoms with van der Waals surface area (Å²) in [5.74, 6) is 1.71. The van der Waals surface area contributed by atoms with Crippen LogP contribution >= 0.6 is 0 Å². The van der Waals surface area contributed by atoms with Crippen molar-refractivity contribution in [3.8, 4) is 0 Å². The van der Waals surface area contributed by atoms with Crippen molar-refractivity contribution in [1.82, 2.24) is 5.32 Å². The zero-order chi connectivity index (χ0) is 10.7. The highest BCUT2D eigenvalue weighted by molar-refractivity contribution is 5.66. The maximum atomic E-state index is 10.6. The van der Waals surface area contributed by atoms with Crippen molar-refractivity contribution in [3.05, 3.63) is 0 Å². The average molecular weight is 211 g/mol. The monoisotopic (exact) mass is 211 g/mol. The van der Waals surface area contributed by atoms with Gasteiger partial charge >= 0.3 is 5.97 Å². The maximum Gasteiger partial charge on any atom is 0.303 e. The molecule has 2 rings (SSSR count). The number of carboxylic acids is 1. The predicted molar refractivity (Wildman–Crippen MR) is 58.7 cm³/mol. The Morgan fingerprint density at radius 3 is 2.33 bits per heavy atom. The molecule has 3 nitrogen and oxygen atoms in total. The van der Waals surface area contributed by atoms with Gasteiger partial charge in [-0.25, -0.2) is 0 Å². The minimum absolute atomic E-state index is 0.366. The largest absolute Gasteiger partial charge is 0.481 e. The molecule has 0 spiro atoms. The van der Waals surface area contributed by atoms with Gasteiger partial charge in [-0.1, -0.05) is 0 Å². The molecule has 2 aliphatic rings. The molecule has 1 atom stereocenters. The molecule has 0 aromatic carbocycles. The van der Waals surface area contributed by atoms with Crippen molar-refractivity contribution in [2.75, 3.05) is 13.1 Å². The van der Waals surface area contributed by atoms with Crippen LogP contribution in [-0.2, 0) is 4.79 Å². The van der Waals surface area contributed by atoms with E-state index < -0.39 is 5.97 Å². The summed E-state index contributed by atoms with van der Waals surface area (Å²) in [4.78, 5) is 10.6. The second-order valence-corrected chi connectivity index (χ2v) is 5.02. The third-order valence-corrected chi connectivity index (χ3v) is 3.91. The molecule has 0 aromatic heterocycles. The molecule has 0 aromatic rings. The molecular weight excluding hydrogens is 190 g/mol. The van der Waals surface area contributed by atoms with Gasteiger partial charge in [-0.15, -0.1) is 0 Å². The van der Waals surface area contributed by atoms with Gasteiger partial charge < -0.3 is 10.4 Å². The van der Waals surface area contributed by atoms with E-state index in [0.717, 1.165) is 31.3 Å². The number of carboxylic acid groups (broad SMARTS) is 1. The Bertz CT molecular complexity index is 220. The van der Waals surface area contributed by atoms with E-state index in [-0.39, 0.29) is 0 Å². The first-order valence-corrected chi connectivity index (χ1v) is 6.20. The van der Waals surface area contributed by atoms with Crippen LogP contribution in [0.1, 0.15) is 38.5 Å². The van der Waals surface area contributed by atoms with E-state index >= 15 is 0 Å². The Morgan fingerprint density at radius 2 is 1.80 bits per heavy atom. The molecule has 86 valence electrons. The number of rotatable bonds is 5. The first-order chi connectivity index (χ1) is 7.27. The Hall–Kier alpha value is -0.570. The lowest BCUT2D eigenvalue weighted by Gasteiger charge is -2.30. The minimum Gasteiger partial charge on any atom is -0.481 e. The van der Waals surface area contributed by atoms with Gasteiger partial charge in [0.25, 0.3) is 0 Å². The van der Waals surface area contributed by atoms with E-state index in [1.807, 2.05) is 0 Å². The summed E-state index contributed by atoms with van der Waals surface area (Å²) in [6, 6.07) is 0. The summed E-state index contributed by atoms with van der Waals surface area (Å²) >= 11 is 0. The SMILES string of the molecule is O=C(O)CCC(C1CCNCC1)C1CC1. The van der Waals surface area contributed by atoms with Crippen LogP contribution in [0.25, 0.3) is 0 Å². The fourth-order valence-electron chi connectivity index (χ4n) is 2.94. The maximum absolute atomic E-state index is 10.6. The molecule has 2 fully saturated rings. The van der Waals surface area contributed by atoms with Crippen LogP contribution in [0.15, 0.2) is 0 Å². The minimum atomic E-state index is -0.630. The highest BCUT2D eigenvalue weighted by Gasteiger charge is 2.36. The molecule has 1 aliphatic heterocycles. The molecular formula is C12H21NO2. The van der Waals surface area contributed by atoms with Crippen LogP contribution in [0.2, 0.25) is 0 Å². The number of piperidine rings is 1. The van der Waals surface area contributed by atoms with Crippen molar-refractivity contribution < 1.29 is 9.90 Å². The Kier molecular flexibility index (Phi) is 3.62. The Morgan fingerprint density at radius 1 is 1.20 bits per heavy atom. The van der Waals surface area contributed by atoms with Crippen molar-refractivity contribution in [3.63, 3.8) is 0 Å². The molecule has 15 heavy (non-hydrogen) atoms. The van der Waals surface area contributed by atoms with Crippen molar-refractivity contribution >= 4 is 5.97 Å². The smallest absolute Gasteiger partial charge is 0.303 e. The fourth-order valence-corrected chi connectivity index (χ4v) is 2.94. The van der Waals surface area contributed by atoms with Crippen molar-refractivity contribution in [1.29, 1.82) is 0 Å². The van der Waals surface area contributed by atoms with Crippen molar-refractivity contribution in [2.45, 2.75) is 38.5 Å². The molecule has 2 N–H and O–H groups in total. The van der Waals surface area contributed by atoms with Gasteiger partial charge in [-0.2, -0.15) is 0 Å². The van der Waals surface area contributed by atoms with Gasteiger partial charge in [0.05, 0.1) is 0 Å². The fraction of sp³-hybridized carbons (Fsp3) is 0.917. The van der Waals surface area contributed by atoms with Gasteiger partial charge in [-0.05, 0) is 62.9 Å². The van der Waals surface area contributed by atoms with E-state index in [1.165, 1.54) is 25.7 Å². The van der Waals surface area contributed by atoms with E-state index in [9.17, 15) is 4.79 Å². The number of aliphatic carboxylic acids is 1. The zero-order valence-electron chi connectivity index (χ0n) is 9.24. The van der Waals surface area contributed by atoms with E-state index in [4.69, 9.17) is 5.11 Å². The van der Waals surface area contributed by atoms with Crippen LogP contribution in [0.4, 0.5) is 0 Å². The summed E-state index contributed by atoms with van der Waals surface area (Å²) in [7, 11) is 0. The predicted octanol–water partition coefficient (Wildman–Crippen LogP) is 1.88. The first kappa shape index (κ1) is 10.9. The third kappa shape index (κ3) is 3.20. The zero-order valence-corrected chi connectivity index (χ0v) is 9.24. The normalized spacial score (nSPS) is 25.1.